The first kappa shape index (κ1) is 19.9. The Balaban J connectivity index is 1.53. The quantitative estimate of drug-likeness (QED) is 0.702. The monoisotopic (exact) mass is 384 g/mol. The Labute approximate surface area is 165 Å². The van der Waals surface area contributed by atoms with Gasteiger partial charge in [0, 0.05) is 38.2 Å². The summed E-state index contributed by atoms with van der Waals surface area (Å²) in [6, 6.07) is 7.37. The average molecular weight is 384 g/mol. The number of phenolic OH excluding ortho intramolecular Hbond substituents is 1. The number of benzene rings is 1. The van der Waals surface area contributed by atoms with E-state index in [1.54, 1.807) is 19.2 Å². The van der Waals surface area contributed by atoms with Gasteiger partial charge in [-0.15, -0.1) is 0 Å². The molecule has 1 aromatic heterocycles. The number of nitrogens with one attached hydrogen (secondary N) is 2. The van der Waals surface area contributed by atoms with Gasteiger partial charge in [0.25, 0.3) is 0 Å². The second kappa shape index (κ2) is 8.86. The van der Waals surface area contributed by atoms with E-state index in [9.17, 15) is 9.90 Å². The van der Waals surface area contributed by atoms with Crippen molar-refractivity contribution in [2.45, 2.75) is 45.2 Å². The molecule has 1 aliphatic carbocycles. The van der Waals surface area contributed by atoms with Gasteiger partial charge in [0.15, 0.2) is 0 Å². The highest BCUT2D eigenvalue weighted by atomic mass is 16.3. The molecule has 0 saturated heterocycles. The summed E-state index contributed by atoms with van der Waals surface area (Å²) in [5.41, 5.74) is 0.731. The third kappa shape index (κ3) is 4.68. The van der Waals surface area contributed by atoms with Gasteiger partial charge < -0.3 is 20.6 Å². The Bertz CT molecular complexity index is 820. The molecule has 1 amide bonds. The number of phenols is 1. The van der Waals surface area contributed by atoms with Gasteiger partial charge in [-0.3, -0.25) is 4.79 Å². The number of carbonyl (C=O) groups is 1. The molecular formula is C20H28N6O2. The summed E-state index contributed by atoms with van der Waals surface area (Å²) >= 11 is 0. The Morgan fingerprint density at radius 3 is 2.57 bits per heavy atom. The minimum Gasteiger partial charge on any atom is -0.508 e. The number of nitrogens with zero attached hydrogens (tertiary/aromatic N) is 4. The standard InChI is InChI=1S/C20H28N6O2/c1-13-23-19(21-2)25-20(24-13)26(3)16-10-8-14(9-11-16)18(28)22-12-15-6-4-5-7-17(15)27/h4-7,14,16,27H,8-12H2,1-3H3,(H,22,28)(H,21,23,24,25)/t14-,16+. The number of para-hydroxylation sites is 1. The van der Waals surface area contributed by atoms with Crippen LogP contribution in [0.25, 0.3) is 0 Å². The van der Waals surface area contributed by atoms with E-state index < -0.39 is 0 Å². The van der Waals surface area contributed by atoms with Crippen LogP contribution in [0.15, 0.2) is 24.3 Å². The van der Waals surface area contributed by atoms with Crippen molar-refractivity contribution in [3.63, 3.8) is 0 Å². The summed E-state index contributed by atoms with van der Waals surface area (Å²) in [6.07, 6.45) is 3.46. The second-order valence-electron chi connectivity index (χ2n) is 7.22. The lowest BCUT2D eigenvalue weighted by Gasteiger charge is -2.34. The third-order valence-electron chi connectivity index (χ3n) is 5.33. The van der Waals surface area contributed by atoms with E-state index in [0.717, 1.165) is 31.2 Å². The Kier molecular flexibility index (Phi) is 6.28. The molecule has 0 bridgehead atoms. The van der Waals surface area contributed by atoms with E-state index >= 15 is 0 Å². The molecule has 0 unspecified atom stereocenters. The molecule has 150 valence electrons. The average Bonchev–Trinajstić information content (AvgIpc) is 2.72. The topological polar surface area (TPSA) is 103 Å². The van der Waals surface area contributed by atoms with E-state index in [0.29, 0.717) is 30.3 Å². The number of rotatable bonds is 6. The van der Waals surface area contributed by atoms with E-state index in [2.05, 4.69) is 30.5 Å². The van der Waals surface area contributed by atoms with Gasteiger partial charge >= 0.3 is 0 Å². The van der Waals surface area contributed by atoms with Crippen molar-refractivity contribution in [1.29, 1.82) is 0 Å². The van der Waals surface area contributed by atoms with Crippen LogP contribution in [0.1, 0.15) is 37.1 Å². The molecule has 8 heteroatoms. The minimum atomic E-state index is 0.00321. The van der Waals surface area contributed by atoms with Crippen LogP contribution >= 0.6 is 0 Å². The number of aryl methyl sites for hydroxylation is 1. The fraction of sp³-hybridized carbons (Fsp3) is 0.500. The first-order chi connectivity index (χ1) is 13.5. The smallest absolute Gasteiger partial charge is 0.230 e. The number of hydrogen-bond donors (Lipinski definition) is 3. The zero-order chi connectivity index (χ0) is 20.1. The lowest BCUT2D eigenvalue weighted by Crippen LogP contribution is -2.40. The predicted octanol–water partition coefficient (Wildman–Crippen LogP) is 2.24. The van der Waals surface area contributed by atoms with Gasteiger partial charge in [0.1, 0.15) is 11.6 Å². The molecule has 1 saturated carbocycles. The van der Waals surface area contributed by atoms with Gasteiger partial charge in [-0.25, -0.2) is 0 Å². The van der Waals surface area contributed by atoms with Crippen LogP contribution in [-0.4, -0.2) is 46.1 Å². The highest BCUT2D eigenvalue weighted by Gasteiger charge is 2.29. The van der Waals surface area contributed by atoms with Crippen molar-refractivity contribution in [2.24, 2.45) is 5.92 Å². The van der Waals surface area contributed by atoms with Crippen LogP contribution in [0, 0.1) is 12.8 Å². The minimum absolute atomic E-state index is 0.00321. The Morgan fingerprint density at radius 1 is 1.18 bits per heavy atom. The van der Waals surface area contributed by atoms with Crippen LogP contribution in [-0.2, 0) is 11.3 Å². The van der Waals surface area contributed by atoms with Crippen molar-refractivity contribution in [2.75, 3.05) is 24.3 Å². The van der Waals surface area contributed by atoms with Crippen LogP contribution < -0.4 is 15.5 Å². The van der Waals surface area contributed by atoms with Gasteiger partial charge in [-0.05, 0) is 38.7 Å². The van der Waals surface area contributed by atoms with Gasteiger partial charge in [-0.2, -0.15) is 15.0 Å². The first-order valence-corrected chi connectivity index (χ1v) is 9.65. The third-order valence-corrected chi connectivity index (χ3v) is 5.33. The molecule has 1 fully saturated rings. The fourth-order valence-electron chi connectivity index (χ4n) is 3.61. The SMILES string of the molecule is CNc1nc(C)nc(N(C)[C@H]2CC[C@@H](C(=O)NCc3ccccc3O)CC2)n1. The molecule has 8 nitrogen and oxygen atoms in total. The molecule has 1 aliphatic rings. The van der Waals surface area contributed by atoms with Crippen molar-refractivity contribution < 1.29 is 9.90 Å². The predicted molar refractivity (Wildman–Crippen MR) is 108 cm³/mol. The number of anilines is 2. The summed E-state index contributed by atoms with van der Waals surface area (Å²) in [5.74, 6) is 2.16. The summed E-state index contributed by atoms with van der Waals surface area (Å²) in [5, 5.41) is 15.7. The molecule has 2 aromatic rings. The summed E-state index contributed by atoms with van der Waals surface area (Å²) in [6.45, 7) is 2.20. The highest BCUT2D eigenvalue weighted by Crippen LogP contribution is 2.29. The van der Waals surface area contributed by atoms with Crippen LogP contribution in [0.2, 0.25) is 0 Å². The first-order valence-electron chi connectivity index (χ1n) is 9.65. The lowest BCUT2D eigenvalue weighted by atomic mass is 9.85. The number of amides is 1. The zero-order valence-corrected chi connectivity index (χ0v) is 16.6. The summed E-state index contributed by atoms with van der Waals surface area (Å²) < 4.78 is 0. The number of aromatic nitrogens is 3. The molecule has 1 heterocycles. The van der Waals surface area contributed by atoms with Crippen molar-refractivity contribution in [3.8, 4) is 5.75 Å². The van der Waals surface area contributed by atoms with Crippen molar-refractivity contribution >= 4 is 17.8 Å². The maximum atomic E-state index is 12.5. The van der Waals surface area contributed by atoms with E-state index in [4.69, 9.17) is 0 Å². The number of carbonyl (C=O) groups excluding carboxylic acids is 1. The maximum absolute atomic E-state index is 12.5. The summed E-state index contributed by atoms with van der Waals surface area (Å²) in [4.78, 5) is 27.7. The van der Waals surface area contributed by atoms with Gasteiger partial charge in [0.2, 0.25) is 17.8 Å². The van der Waals surface area contributed by atoms with Crippen molar-refractivity contribution in [1.82, 2.24) is 20.3 Å². The molecule has 0 atom stereocenters. The Morgan fingerprint density at radius 2 is 1.89 bits per heavy atom. The number of aromatic hydroxyl groups is 1. The normalized spacial score (nSPS) is 19.1. The van der Waals surface area contributed by atoms with E-state index in [1.165, 1.54) is 0 Å². The molecule has 1 aromatic carbocycles. The van der Waals surface area contributed by atoms with Crippen LogP contribution in [0.5, 0.6) is 5.75 Å². The van der Waals surface area contributed by atoms with E-state index in [1.807, 2.05) is 26.1 Å². The molecule has 28 heavy (non-hydrogen) atoms. The highest BCUT2D eigenvalue weighted by molar-refractivity contribution is 5.78. The molecule has 0 aliphatic heterocycles. The maximum Gasteiger partial charge on any atom is 0.230 e. The molecule has 0 spiro atoms. The molecule has 3 rings (SSSR count). The van der Waals surface area contributed by atoms with Gasteiger partial charge in [-0.1, -0.05) is 18.2 Å². The zero-order valence-electron chi connectivity index (χ0n) is 16.6. The molecule has 3 N–H and O–H groups in total. The lowest BCUT2D eigenvalue weighted by molar-refractivity contribution is -0.126. The van der Waals surface area contributed by atoms with Crippen molar-refractivity contribution in [3.05, 3.63) is 35.7 Å². The second-order valence-corrected chi connectivity index (χ2v) is 7.22. The van der Waals surface area contributed by atoms with Crippen LogP contribution in [0.4, 0.5) is 11.9 Å². The summed E-state index contributed by atoms with van der Waals surface area (Å²) in [7, 11) is 3.79. The Hall–Kier alpha value is -2.90. The molecular weight excluding hydrogens is 356 g/mol. The van der Waals surface area contributed by atoms with Gasteiger partial charge in [0.05, 0.1) is 0 Å². The fourth-order valence-corrected chi connectivity index (χ4v) is 3.61. The number of hydrogen-bond acceptors (Lipinski definition) is 7. The molecule has 0 radical (unpaired) electrons. The van der Waals surface area contributed by atoms with Crippen LogP contribution in [0.3, 0.4) is 0 Å². The largest absolute Gasteiger partial charge is 0.508 e. The van der Waals surface area contributed by atoms with E-state index in [-0.39, 0.29) is 17.6 Å².